The Morgan fingerprint density at radius 2 is 2.05 bits per heavy atom. The fourth-order valence-corrected chi connectivity index (χ4v) is 5.00. The van der Waals surface area contributed by atoms with E-state index in [1.165, 1.54) is 22.2 Å². The van der Waals surface area contributed by atoms with Crippen LogP contribution in [0, 0.1) is 13.8 Å². The fraction of sp³-hybridized carbons (Fsp3) is 0.571. The monoisotopic (exact) mass is 294 g/mol. The van der Waals surface area contributed by atoms with E-state index < -0.39 is 0 Å². The van der Waals surface area contributed by atoms with Gasteiger partial charge in [0.2, 0.25) is 0 Å². The number of aryl methyl sites for hydroxylation is 2. The van der Waals surface area contributed by atoms with Crippen molar-refractivity contribution < 1.29 is 5.11 Å². The van der Waals surface area contributed by atoms with E-state index in [9.17, 15) is 5.11 Å². The van der Waals surface area contributed by atoms with Crippen LogP contribution >= 0.6 is 23.1 Å². The van der Waals surface area contributed by atoms with Gasteiger partial charge in [-0.05, 0) is 32.3 Å². The minimum absolute atomic E-state index is 0.191. The predicted molar refractivity (Wildman–Crippen MR) is 81.0 cm³/mol. The molecule has 3 rings (SSSR count). The molecule has 0 saturated heterocycles. The molecule has 1 aliphatic carbocycles. The fourth-order valence-electron chi connectivity index (χ4n) is 2.60. The van der Waals surface area contributed by atoms with Gasteiger partial charge in [-0.25, -0.2) is 9.97 Å². The molecule has 3 nitrogen and oxygen atoms in total. The van der Waals surface area contributed by atoms with Crippen LogP contribution in [0.25, 0.3) is 10.2 Å². The van der Waals surface area contributed by atoms with Crippen molar-refractivity contribution in [2.75, 3.05) is 0 Å². The molecule has 1 aliphatic rings. The van der Waals surface area contributed by atoms with Gasteiger partial charge < -0.3 is 5.11 Å². The molecule has 0 radical (unpaired) electrons. The summed E-state index contributed by atoms with van der Waals surface area (Å²) >= 11 is 3.46. The number of rotatable bonds is 2. The molecule has 0 amide bonds. The maximum Gasteiger partial charge on any atom is 0.128 e. The van der Waals surface area contributed by atoms with Crippen LogP contribution in [-0.4, -0.2) is 26.4 Å². The molecule has 102 valence electrons. The van der Waals surface area contributed by atoms with Crippen molar-refractivity contribution in [1.29, 1.82) is 0 Å². The lowest BCUT2D eigenvalue weighted by molar-refractivity contribution is 0.137. The second kappa shape index (κ2) is 5.38. The second-order valence-electron chi connectivity index (χ2n) is 5.15. The normalized spacial score (nSPS) is 23.9. The molecule has 2 atom stereocenters. The zero-order valence-electron chi connectivity index (χ0n) is 11.2. The number of hydrogen-bond acceptors (Lipinski definition) is 5. The lowest BCUT2D eigenvalue weighted by atomic mass is 9.97. The highest BCUT2D eigenvalue weighted by molar-refractivity contribution is 8.00. The van der Waals surface area contributed by atoms with Crippen LogP contribution < -0.4 is 0 Å². The summed E-state index contributed by atoms with van der Waals surface area (Å²) in [4.78, 5) is 11.2. The summed E-state index contributed by atoms with van der Waals surface area (Å²) in [5.41, 5.74) is 1.29. The molecule has 0 bridgehead atoms. The van der Waals surface area contributed by atoms with Crippen LogP contribution in [0.3, 0.4) is 0 Å². The van der Waals surface area contributed by atoms with E-state index in [-0.39, 0.29) is 11.4 Å². The first-order chi connectivity index (χ1) is 9.16. The maximum absolute atomic E-state index is 10.1. The van der Waals surface area contributed by atoms with Gasteiger partial charge in [-0.15, -0.1) is 11.3 Å². The van der Waals surface area contributed by atoms with E-state index in [1.807, 2.05) is 0 Å². The summed E-state index contributed by atoms with van der Waals surface area (Å²) in [6, 6.07) is 0. The molecule has 2 aromatic heterocycles. The van der Waals surface area contributed by atoms with Crippen molar-refractivity contribution in [1.82, 2.24) is 9.97 Å². The van der Waals surface area contributed by atoms with Crippen LogP contribution in [-0.2, 0) is 0 Å². The molecule has 5 heteroatoms. The Labute approximate surface area is 121 Å². The second-order valence-corrected chi connectivity index (χ2v) is 7.58. The molecule has 1 N–H and O–H groups in total. The van der Waals surface area contributed by atoms with Crippen molar-refractivity contribution in [3.05, 3.63) is 16.8 Å². The van der Waals surface area contributed by atoms with E-state index in [1.54, 1.807) is 29.4 Å². The molecule has 1 saturated carbocycles. The highest BCUT2D eigenvalue weighted by Gasteiger charge is 2.25. The number of aliphatic hydroxyl groups excluding tert-OH is 1. The van der Waals surface area contributed by atoms with E-state index in [2.05, 4.69) is 23.8 Å². The zero-order valence-corrected chi connectivity index (χ0v) is 12.9. The van der Waals surface area contributed by atoms with E-state index in [4.69, 9.17) is 0 Å². The Morgan fingerprint density at radius 1 is 1.26 bits per heavy atom. The average molecular weight is 294 g/mol. The average Bonchev–Trinajstić information content (AvgIpc) is 2.69. The van der Waals surface area contributed by atoms with Crippen LogP contribution in [0.15, 0.2) is 11.4 Å². The molecule has 0 spiro atoms. The Bertz CT molecular complexity index is 596. The number of fused-ring (bicyclic) bond motifs is 1. The van der Waals surface area contributed by atoms with E-state index >= 15 is 0 Å². The maximum atomic E-state index is 10.1. The lowest BCUT2D eigenvalue weighted by Gasteiger charge is -2.26. The Hall–Kier alpha value is -0.650. The van der Waals surface area contributed by atoms with E-state index in [0.717, 1.165) is 29.1 Å². The standard InChI is InChI=1S/C14H18N2OS2/c1-8-9(2)18-13-12(8)14(16-7-15-13)19-11-6-4-3-5-10(11)17/h7,10-11,17H,3-6H2,1-2H3. The molecule has 19 heavy (non-hydrogen) atoms. The zero-order chi connectivity index (χ0) is 13.4. The van der Waals surface area contributed by atoms with Gasteiger partial charge in [0.25, 0.3) is 0 Å². The van der Waals surface area contributed by atoms with Crippen LogP contribution in [0.4, 0.5) is 0 Å². The largest absolute Gasteiger partial charge is 0.392 e. The number of hydrogen-bond donors (Lipinski definition) is 1. The highest BCUT2D eigenvalue weighted by Crippen LogP contribution is 2.39. The predicted octanol–water partition coefficient (Wildman–Crippen LogP) is 3.70. The van der Waals surface area contributed by atoms with Gasteiger partial charge in [-0.3, -0.25) is 0 Å². The number of aliphatic hydroxyl groups is 1. The van der Waals surface area contributed by atoms with Crippen LogP contribution in [0.2, 0.25) is 0 Å². The van der Waals surface area contributed by atoms with Gasteiger partial charge in [-0.1, -0.05) is 24.6 Å². The van der Waals surface area contributed by atoms with Gasteiger partial charge in [0.1, 0.15) is 16.2 Å². The summed E-state index contributed by atoms with van der Waals surface area (Å²) in [7, 11) is 0. The molecule has 2 aromatic rings. The third kappa shape index (κ3) is 2.51. The third-order valence-corrected chi connectivity index (χ3v) is 6.36. The Kier molecular flexibility index (Phi) is 3.78. The first kappa shape index (κ1) is 13.3. The summed E-state index contributed by atoms with van der Waals surface area (Å²) in [6.07, 6.45) is 5.82. The molecular weight excluding hydrogens is 276 g/mol. The van der Waals surface area contributed by atoms with Gasteiger partial charge >= 0.3 is 0 Å². The number of thioether (sulfide) groups is 1. The molecule has 1 fully saturated rings. The van der Waals surface area contributed by atoms with Crippen molar-refractivity contribution >= 4 is 33.3 Å². The summed E-state index contributed by atoms with van der Waals surface area (Å²) in [5.74, 6) is 0. The topological polar surface area (TPSA) is 46.0 Å². The lowest BCUT2D eigenvalue weighted by Crippen LogP contribution is -2.26. The Balaban J connectivity index is 1.96. The minimum atomic E-state index is -0.191. The molecule has 2 unspecified atom stereocenters. The van der Waals surface area contributed by atoms with Crippen LogP contribution in [0.5, 0.6) is 0 Å². The summed E-state index contributed by atoms with van der Waals surface area (Å²) in [6.45, 7) is 4.27. The number of thiophene rings is 1. The highest BCUT2D eigenvalue weighted by atomic mass is 32.2. The third-order valence-electron chi connectivity index (χ3n) is 3.86. The van der Waals surface area contributed by atoms with Gasteiger partial charge in [-0.2, -0.15) is 0 Å². The van der Waals surface area contributed by atoms with Crippen molar-refractivity contribution in [3.8, 4) is 0 Å². The first-order valence-corrected chi connectivity index (χ1v) is 8.42. The molecule has 0 aliphatic heterocycles. The van der Waals surface area contributed by atoms with E-state index in [0.29, 0.717) is 0 Å². The quantitative estimate of drug-likeness (QED) is 0.858. The minimum Gasteiger partial charge on any atom is -0.392 e. The summed E-state index contributed by atoms with van der Waals surface area (Å²) in [5, 5.41) is 12.6. The Morgan fingerprint density at radius 3 is 2.84 bits per heavy atom. The van der Waals surface area contributed by atoms with Gasteiger partial charge in [0.05, 0.1) is 6.10 Å². The van der Waals surface area contributed by atoms with Crippen molar-refractivity contribution in [2.45, 2.75) is 55.9 Å². The SMILES string of the molecule is Cc1sc2ncnc(SC3CCCCC3O)c2c1C. The molecule has 0 aromatic carbocycles. The molecular formula is C14H18N2OS2. The van der Waals surface area contributed by atoms with Gasteiger partial charge in [0, 0.05) is 15.5 Å². The van der Waals surface area contributed by atoms with Crippen LogP contribution in [0.1, 0.15) is 36.1 Å². The smallest absolute Gasteiger partial charge is 0.128 e. The summed E-state index contributed by atoms with van der Waals surface area (Å²) < 4.78 is 0. The molecule has 2 heterocycles. The first-order valence-electron chi connectivity index (χ1n) is 6.72. The van der Waals surface area contributed by atoms with Gasteiger partial charge in [0.15, 0.2) is 0 Å². The van der Waals surface area contributed by atoms with Crippen molar-refractivity contribution in [2.24, 2.45) is 0 Å². The number of nitrogens with zero attached hydrogens (tertiary/aromatic N) is 2. The number of aromatic nitrogens is 2. The van der Waals surface area contributed by atoms with Crippen molar-refractivity contribution in [3.63, 3.8) is 0 Å².